The summed E-state index contributed by atoms with van der Waals surface area (Å²) in [7, 11) is 1.41. The predicted octanol–water partition coefficient (Wildman–Crippen LogP) is -3.19. The van der Waals surface area contributed by atoms with E-state index in [0.29, 0.717) is 37.7 Å². The van der Waals surface area contributed by atoms with Crippen molar-refractivity contribution < 1.29 is 38.7 Å². The molecule has 0 radical (unpaired) electrons. The lowest BCUT2D eigenvalue weighted by molar-refractivity contribution is -0.144. The molecular weight excluding hydrogens is 843 g/mol. The smallest absolute Gasteiger partial charge is 0.245 e. The minimum absolute atomic E-state index is 0.0324. The van der Waals surface area contributed by atoms with Gasteiger partial charge in [-0.2, -0.15) is 0 Å². The van der Waals surface area contributed by atoms with Crippen molar-refractivity contribution in [1.82, 2.24) is 31.1 Å². The molecule has 0 saturated carbocycles. The van der Waals surface area contributed by atoms with Gasteiger partial charge in [0.05, 0.1) is 6.04 Å². The van der Waals surface area contributed by atoms with Gasteiger partial charge in [-0.15, -0.1) is 0 Å². The molecule has 1 saturated heterocycles. The summed E-state index contributed by atoms with van der Waals surface area (Å²) in [6, 6.07) is -1.93. The highest BCUT2D eigenvalue weighted by Crippen LogP contribution is 2.21. The van der Waals surface area contributed by atoms with Crippen LogP contribution in [0.1, 0.15) is 90.5 Å². The molecule has 1 aliphatic rings. The Morgan fingerprint density at radius 1 is 0.769 bits per heavy atom. The van der Waals surface area contributed by atoms with E-state index >= 15 is 0 Å². The number of primary amides is 1. The van der Waals surface area contributed by atoms with Crippen LogP contribution in [0, 0.1) is 5.92 Å². The van der Waals surface area contributed by atoms with E-state index in [1.807, 2.05) is 13.8 Å². The van der Waals surface area contributed by atoms with Gasteiger partial charge >= 0.3 is 0 Å². The number of carbonyl (C=O) groups excluding carboxylic acids is 7. The molecular formula is C42H73N15O8. The average Bonchev–Trinajstić information content (AvgIpc) is 3.75. The molecule has 0 bridgehead atoms. The fourth-order valence-electron chi connectivity index (χ4n) is 7.27. The minimum atomic E-state index is -1.33. The van der Waals surface area contributed by atoms with E-state index in [1.54, 1.807) is 19.1 Å². The quantitative estimate of drug-likeness (QED) is 0.0224. The summed E-state index contributed by atoms with van der Waals surface area (Å²) in [4.78, 5) is 106. The van der Waals surface area contributed by atoms with Crippen LogP contribution < -0.4 is 61.4 Å². The number of phenolic OH excluding ortho intramolecular Hbond substituents is 1. The number of likely N-dealkylation sites (N-methyl/N-ethyl adjacent to an activating group) is 1. The highest BCUT2D eigenvalue weighted by atomic mass is 16.3. The Hall–Kier alpha value is -6.23. The van der Waals surface area contributed by atoms with Crippen LogP contribution >= 0.6 is 0 Å². The lowest BCUT2D eigenvalue weighted by Crippen LogP contribution is -2.61. The number of benzene rings is 1. The third kappa shape index (κ3) is 18.8. The van der Waals surface area contributed by atoms with E-state index in [1.165, 1.54) is 29.0 Å². The maximum absolute atomic E-state index is 14.4. The topological polar surface area (TPSA) is 401 Å². The molecule has 0 aromatic heterocycles. The number of aromatic hydroxyl groups is 1. The number of likely N-dealkylation sites (tertiary alicyclic amines) is 1. The first kappa shape index (κ1) is 54.9. The van der Waals surface area contributed by atoms with Crippen LogP contribution in [0.15, 0.2) is 34.3 Å². The van der Waals surface area contributed by atoms with Crippen molar-refractivity contribution in [2.75, 3.05) is 33.2 Å². The van der Waals surface area contributed by atoms with Gasteiger partial charge < -0.3 is 76.3 Å². The fraction of sp³-hybridized carbons (Fsp3) is 0.643. The van der Waals surface area contributed by atoms with Gasteiger partial charge in [0.25, 0.3) is 0 Å². The van der Waals surface area contributed by atoms with Crippen molar-refractivity contribution in [2.24, 2.45) is 56.0 Å². The summed E-state index contributed by atoms with van der Waals surface area (Å²) in [5.74, 6) is -4.72. The Morgan fingerprint density at radius 3 is 1.89 bits per heavy atom. The van der Waals surface area contributed by atoms with Crippen LogP contribution in [0.2, 0.25) is 0 Å². The number of hydrogen-bond donors (Lipinski definition) is 12. The van der Waals surface area contributed by atoms with E-state index in [0.717, 1.165) is 0 Å². The molecule has 65 heavy (non-hydrogen) atoms. The first-order chi connectivity index (χ1) is 30.7. The van der Waals surface area contributed by atoms with Gasteiger partial charge in [-0.05, 0) is 81.4 Å². The normalized spacial score (nSPS) is 16.2. The monoisotopic (exact) mass is 916 g/mol. The van der Waals surface area contributed by atoms with Gasteiger partial charge in [0.15, 0.2) is 11.9 Å². The molecule has 7 atom stereocenters. The number of phenols is 1. The maximum Gasteiger partial charge on any atom is 0.245 e. The number of hydrogen-bond acceptors (Lipinski definition) is 12. The molecule has 0 spiro atoms. The number of nitrogens with one attached hydrogen (secondary N) is 4. The van der Waals surface area contributed by atoms with Crippen molar-refractivity contribution in [3.05, 3.63) is 29.8 Å². The minimum Gasteiger partial charge on any atom is -0.508 e. The zero-order chi connectivity index (χ0) is 48.8. The first-order valence-corrected chi connectivity index (χ1v) is 22.1. The SMILES string of the molecule is CCC[C@@H](C(=O)N[C@@H](Cc1ccc(O)cc1)C(=O)N[C@@H](CN)C(=O)N[C@@H](CCC(C)C)C(N)=O)N(C)C(=O)[C@H](CCCN=C(N)N)NC(=O)[C@@H]1CCCN1C(=O)[C@@H](N)CCCN=C(N)N. The molecule has 364 valence electrons. The highest BCUT2D eigenvalue weighted by molar-refractivity contribution is 5.97. The molecule has 23 nitrogen and oxygen atoms in total. The van der Waals surface area contributed by atoms with Crippen molar-refractivity contribution in [3.63, 3.8) is 0 Å². The van der Waals surface area contributed by atoms with Gasteiger partial charge in [0, 0.05) is 39.6 Å². The molecule has 1 heterocycles. The second kappa shape index (κ2) is 27.8. The molecule has 0 aliphatic carbocycles. The second-order valence-electron chi connectivity index (χ2n) is 16.7. The number of nitrogens with two attached hydrogens (primary N) is 7. The molecule has 7 amide bonds. The van der Waals surface area contributed by atoms with Crippen LogP contribution in [0.3, 0.4) is 0 Å². The maximum atomic E-state index is 14.4. The standard InChI is InChI=1S/C42H73N15O8/c1-5-9-32(37(62)54-30(22-25-14-16-26(58)17-15-25)35(60)55-31(23-43)36(61)52-28(34(45)59)18-13-24(2)3)56(4)40(65)29(11-7-20-51-42(48)49)53-38(63)33-12-8-21-57(33)39(64)27(44)10-6-19-50-41(46)47/h14-17,24,27-33,58H,5-13,18-23,43-44H2,1-4H3,(H2,45,59)(H,52,61)(H,53,63)(H,54,62)(H,55,60)(H4,46,47,50)(H4,48,49,51)/t27-,28-,29-,30-,31-,32-,33-/m0/s1. The van der Waals surface area contributed by atoms with Crippen LogP contribution in [0.5, 0.6) is 5.75 Å². The Kier molecular flexibility index (Phi) is 23.5. The van der Waals surface area contributed by atoms with E-state index < -0.39 is 83.6 Å². The van der Waals surface area contributed by atoms with Gasteiger partial charge in [-0.25, -0.2) is 0 Å². The van der Waals surface area contributed by atoms with Crippen molar-refractivity contribution in [1.29, 1.82) is 0 Å². The predicted molar refractivity (Wildman–Crippen MR) is 246 cm³/mol. The average molecular weight is 916 g/mol. The highest BCUT2D eigenvalue weighted by Gasteiger charge is 2.39. The molecule has 1 fully saturated rings. The number of nitrogens with zero attached hydrogens (tertiary/aromatic N) is 4. The van der Waals surface area contributed by atoms with Crippen molar-refractivity contribution >= 4 is 53.3 Å². The number of rotatable bonds is 28. The zero-order valence-electron chi connectivity index (χ0n) is 38.2. The third-order valence-corrected chi connectivity index (χ3v) is 10.9. The first-order valence-electron chi connectivity index (χ1n) is 22.1. The van der Waals surface area contributed by atoms with Gasteiger partial charge in [0.2, 0.25) is 41.4 Å². The lowest BCUT2D eigenvalue weighted by Gasteiger charge is -2.33. The zero-order valence-corrected chi connectivity index (χ0v) is 38.2. The van der Waals surface area contributed by atoms with E-state index in [-0.39, 0.29) is 88.3 Å². The number of carbonyl (C=O) groups is 7. The van der Waals surface area contributed by atoms with Gasteiger partial charge in [-0.3, -0.25) is 43.5 Å². The Bertz CT molecular complexity index is 1800. The van der Waals surface area contributed by atoms with E-state index in [9.17, 15) is 38.7 Å². The largest absolute Gasteiger partial charge is 0.508 e. The summed E-state index contributed by atoms with van der Waals surface area (Å²) < 4.78 is 0. The third-order valence-electron chi connectivity index (χ3n) is 10.9. The van der Waals surface area contributed by atoms with Gasteiger partial charge in [-0.1, -0.05) is 39.3 Å². The van der Waals surface area contributed by atoms with Crippen LogP contribution in [0.4, 0.5) is 0 Å². The summed E-state index contributed by atoms with van der Waals surface area (Å²) in [5.41, 5.74) is 40.0. The van der Waals surface area contributed by atoms with E-state index in [2.05, 4.69) is 31.3 Å². The second-order valence-corrected chi connectivity index (χ2v) is 16.7. The van der Waals surface area contributed by atoms with Crippen LogP contribution in [-0.2, 0) is 40.0 Å². The lowest BCUT2D eigenvalue weighted by atomic mass is 10.0. The molecule has 23 heteroatoms. The van der Waals surface area contributed by atoms with E-state index in [4.69, 9.17) is 40.1 Å². The molecule has 1 aromatic rings. The molecule has 0 unspecified atom stereocenters. The summed E-state index contributed by atoms with van der Waals surface area (Å²) in [6.07, 6.45) is 3.18. The summed E-state index contributed by atoms with van der Waals surface area (Å²) in [6.45, 7) is 6.03. The number of guanidine groups is 2. The molecule has 1 aromatic carbocycles. The van der Waals surface area contributed by atoms with Crippen LogP contribution in [0.25, 0.3) is 0 Å². The molecule has 19 N–H and O–H groups in total. The van der Waals surface area contributed by atoms with Gasteiger partial charge in [0.1, 0.15) is 42.0 Å². The summed E-state index contributed by atoms with van der Waals surface area (Å²) in [5, 5.41) is 20.6. The summed E-state index contributed by atoms with van der Waals surface area (Å²) >= 11 is 0. The number of aliphatic imine (C=N–C) groups is 2. The molecule has 1 aliphatic heterocycles. The van der Waals surface area contributed by atoms with Crippen LogP contribution in [-0.4, -0.2) is 144 Å². The number of amides is 7. The van der Waals surface area contributed by atoms with Crippen molar-refractivity contribution in [2.45, 2.75) is 134 Å². The Morgan fingerprint density at radius 2 is 1.34 bits per heavy atom. The van der Waals surface area contributed by atoms with Crippen molar-refractivity contribution in [3.8, 4) is 5.75 Å². The molecule has 2 rings (SSSR count). The fourth-order valence-corrected chi connectivity index (χ4v) is 7.27. The Balaban J connectivity index is 2.38. The Labute approximate surface area is 380 Å².